The third-order valence-electron chi connectivity index (χ3n) is 4.00. The van der Waals surface area contributed by atoms with Crippen LogP contribution in [0.15, 0.2) is 34.1 Å². The zero-order valence-electron chi connectivity index (χ0n) is 14.2. The topological polar surface area (TPSA) is 74.7 Å². The average Bonchev–Trinajstić information content (AvgIpc) is 2.99. The zero-order chi connectivity index (χ0) is 19.9. The molecule has 0 saturated heterocycles. The molecule has 0 aliphatic heterocycles. The first-order chi connectivity index (χ1) is 12.7. The minimum atomic E-state index is -1.35. The fourth-order valence-corrected chi connectivity index (χ4v) is 2.97. The molecule has 0 aliphatic rings. The molecule has 1 atom stereocenters. The van der Waals surface area contributed by atoms with Gasteiger partial charge in [-0.1, -0.05) is 11.6 Å². The summed E-state index contributed by atoms with van der Waals surface area (Å²) in [5.74, 6) is -3.47. The van der Waals surface area contributed by atoms with Crippen molar-refractivity contribution in [1.29, 1.82) is 0 Å². The Morgan fingerprint density at radius 3 is 2.41 bits per heavy atom. The summed E-state index contributed by atoms with van der Waals surface area (Å²) in [7, 11) is 1.62. The quantitative estimate of drug-likeness (QED) is 0.496. The molecule has 27 heavy (non-hydrogen) atoms. The molecule has 0 N–H and O–H groups in total. The van der Waals surface area contributed by atoms with Gasteiger partial charge in [-0.05, 0) is 13.0 Å². The van der Waals surface area contributed by atoms with Crippen molar-refractivity contribution in [3.8, 4) is 0 Å². The number of hydrogen-bond acceptors (Lipinski definition) is 4. The molecule has 0 radical (unpaired) electrons. The highest BCUT2D eigenvalue weighted by Gasteiger charge is 2.22. The predicted octanol–water partition coefficient (Wildman–Crippen LogP) is 1.87. The van der Waals surface area contributed by atoms with Crippen LogP contribution in [0, 0.1) is 17.5 Å². The largest absolute Gasteiger partial charge is 0.333 e. The molecule has 11 heteroatoms. The summed E-state index contributed by atoms with van der Waals surface area (Å²) >= 11 is 6.01. The van der Waals surface area contributed by atoms with E-state index < -0.39 is 34.7 Å². The van der Waals surface area contributed by atoms with E-state index in [1.54, 1.807) is 7.05 Å². The number of rotatable bonds is 4. The molecular weight excluding hydrogens is 387 g/mol. The first-order valence-corrected chi connectivity index (χ1v) is 8.07. The Bertz CT molecular complexity index is 1140. The van der Waals surface area contributed by atoms with Crippen LogP contribution < -0.4 is 11.2 Å². The van der Waals surface area contributed by atoms with Gasteiger partial charge in [-0.3, -0.25) is 18.6 Å². The summed E-state index contributed by atoms with van der Waals surface area (Å²) in [6.45, 7) is 1.14. The number of aryl methyl sites for hydroxylation is 1. The van der Waals surface area contributed by atoms with Crippen LogP contribution in [0.4, 0.5) is 13.2 Å². The van der Waals surface area contributed by atoms with Crippen LogP contribution in [0.3, 0.4) is 0 Å². The Labute approximate surface area is 155 Å². The smallest absolute Gasteiger partial charge is 0.276 e. The summed E-state index contributed by atoms with van der Waals surface area (Å²) in [5, 5.41) is 3.72. The Morgan fingerprint density at radius 1 is 1.11 bits per heavy atom. The molecule has 0 fully saturated rings. The highest BCUT2D eigenvalue weighted by Crippen LogP contribution is 2.24. The lowest BCUT2D eigenvalue weighted by Crippen LogP contribution is -2.41. The Morgan fingerprint density at radius 2 is 1.78 bits per heavy atom. The van der Waals surface area contributed by atoms with Gasteiger partial charge in [0.15, 0.2) is 17.5 Å². The molecule has 3 rings (SSSR count). The number of aromatic nitrogens is 5. The third-order valence-corrected chi connectivity index (χ3v) is 4.29. The molecule has 1 unspecified atom stereocenters. The van der Waals surface area contributed by atoms with E-state index in [0.29, 0.717) is 12.1 Å². The number of halogens is 4. The second-order valence-corrected chi connectivity index (χ2v) is 6.23. The van der Waals surface area contributed by atoms with Crippen molar-refractivity contribution in [1.82, 2.24) is 23.9 Å². The molecule has 0 bridgehead atoms. The fraction of sp³-hybridized carbons (Fsp3) is 0.250. The van der Waals surface area contributed by atoms with Crippen molar-refractivity contribution in [2.45, 2.75) is 19.5 Å². The number of benzene rings is 1. The maximum Gasteiger partial charge on any atom is 0.333 e. The average molecular weight is 400 g/mol. The van der Waals surface area contributed by atoms with Crippen LogP contribution in [-0.4, -0.2) is 23.9 Å². The SMILES string of the molecule is CC(c1cc(F)c(F)cc1F)n1c(Cl)cc(=O)n(Cc2ncn(C)n2)c1=O. The Balaban J connectivity index is 2.13. The second-order valence-electron chi connectivity index (χ2n) is 5.84. The molecule has 0 spiro atoms. The lowest BCUT2D eigenvalue weighted by Gasteiger charge is -2.19. The highest BCUT2D eigenvalue weighted by molar-refractivity contribution is 6.29. The normalized spacial score (nSPS) is 12.4. The van der Waals surface area contributed by atoms with Crippen LogP contribution >= 0.6 is 11.6 Å². The van der Waals surface area contributed by atoms with Gasteiger partial charge < -0.3 is 0 Å². The van der Waals surface area contributed by atoms with Crippen LogP contribution in [0.1, 0.15) is 24.4 Å². The Kier molecular flexibility index (Phi) is 4.92. The van der Waals surface area contributed by atoms with Gasteiger partial charge in [0.1, 0.15) is 17.3 Å². The van der Waals surface area contributed by atoms with Gasteiger partial charge in [-0.15, -0.1) is 0 Å². The van der Waals surface area contributed by atoms with E-state index in [0.717, 1.165) is 15.2 Å². The van der Waals surface area contributed by atoms with Crippen molar-refractivity contribution in [2.24, 2.45) is 7.05 Å². The molecule has 142 valence electrons. The predicted molar refractivity (Wildman–Crippen MR) is 90.2 cm³/mol. The molecule has 3 aromatic rings. The lowest BCUT2D eigenvalue weighted by molar-refractivity contribution is 0.471. The maximum absolute atomic E-state index is 14.1. The van der Waals surface area contributed by atoms with Gasteiger partial charge in [0, 0.05) is 24.7 Å². The van der Waals surface area contributed by atoms with E-state index in [9.17, 15) is 22.8 Å². The van der Waals surface area contributed by atoms with E-state index in [-0.39, 0.29) is 23.1 Å². The van der Waals surface area contributed by atoms with Gasteiger partial charge >= 0.3 is 5.69 Å². The summed E-state index contributed by atoms with van der Waals surface area (Å²) in [5.41, 5.74) is -1.86. The summed E-state index contributed by atoms with van der Waals surface area (Å²) in [4.78, 5) is 28.9. The van der Waals surface area contributed by atoms with E-state index in [2.05, 4.69) is 10.1 Å². The Hall–Kier alpha value is -2.88. The van der Waals surface area contributed by atoms with Crippen molar-refractivity contribution < 1.29 is 13.2 Å². The molecule has 2 aromatic heterocycles. The summed E-state index contributed by atoms with van der Waals surface area (Å²) in [6, 6.07) is 0.894. The first-order valence-electron chi connectivity index (χ1n) is 7.70. The van der Waals surface area contributed by atoms with E-state index in [4.69, 9.17) is 11.6 Å². The molecule has 7 nitrogen and oxygen atoms in total. The van der Waals surface area contributed by atoms with E-state index >= 15 is 0 Å². The van der Waals surface area contributed by atoms with E-state index in [1.807, 2.05) is 0 Å². The number of nitrogens with zero attached hydrogens (tertiary/aromatic N) is 5. The molecular formula is C16H13ClF3N5O2. The first kappa shape index (κ1) is 18.9. The molecule has 0 aliphatic carbocycles. The van der Waals surface area contributed by atoms with Crippen molar-refractivity contribution in [3.63, 3.8) is 0 Å². The molecule has 0 amide bonds. The third kappa shape index (κ3) is 3.52. The van der Waals surface area contributed by atoms with Crippen molar-refractivity contribution in [2.75, 3.05) is 0 Å². The van der Waals surface area contributed by atoms with Gasteiger partial charge in [-0.25, -0.2) is 22.9 Å². The van der Waals surface area contributed by atoms with Crippen LogP contribution in [-0.2, 0) is 13.6 Å². The van der Waals surface area contributed by atoms with Gasteiger partial charge in [0.05, 0.1) is 12.6 Å². The second kappa shape index (κ2) is 7.03. The monoisotopic (exact) mass is 399 g/mol. The fourth-order valence-electron chi connectivity index (χ4n) is 2.66. The van der Waals surface area contributed by atoms with Crippen molar-refractivity contribution in [3.05, 3.63) is 79.4 Å². The summed E-state index contributed by atoms with van der Waals surface area (Å²) in [6.07, 6.45) is 1.40. The highest BCUT2D eigenvalue weighted by atomic mass is 35.5. The zero-order valence-corrected chi connectivity index (χ0v) is 14.9. The number of hydrogen-bond donors (Lipinski definition) is 0. The lowest BCUT2D eigenvalue weighted by atomic mass is 10.1. The molecule has 1 aromatic carbocycles. The van der Waals surface area contributed by atoms with Crippen LogP contribution in [0.25, 0.3) is 0 Å². The standard InChI is InChI=1S/C16H13ClF3N5O2/c1-8(9-3-11(19)12(20)4-10(9)18)25-13(17)5-15(26)24(16(25)27)6-14-21-7-23(2)22-14/h3-5,7-8H,6H2,1-2H3. The minimum absolute atomic E-state index is 0.206. The van der Waals surface area contributed by atoms with Crippen LogP contribution in [0.2, 0.25) is 5.15 Å². The van der Waals surface area contributed by atoms with Crippen LogP contribution in [0.5, 0.6) is 0 Å². The minimum Gasteiger partial charge on any atom is -0.276 e. The maximum atomic E-state index is 14.1. The molecule has 2 heterocycles. The molecule has 0 saturated carbocycles. The van der Waals surface area contributed by atoms with Crippen molar-refractivity contribution >= 4 is 11.6 Å². The van der Waals surface area contributed by atoms with Gasteiger partial charge in [0.2, 0.25) is 0 Å². The van der Waals surface area contributed by atoms with Gasteiger partial charge in [-0.2, -0.15) is 5.10 Å². The van der Waals surface area contributed by atoms with Gasteiger partial charge in [0.25, 0.3) is 5.56 Å². The summed E-state index contributed by atoms with van der Waals surface area (Å²) < 4.78 is 43.9. The van der Waals surface area contributed by atoms with E-state index in [1.165, 1.54) is 17.9 Å².